The van der Waals surface area contributed by atoms with Crippen LogP contribution in [0.2, 0.25) is 0 Å². The Labute approximate surface area is 168 Å². The van der Waals surface area contributed by atoms with E-state index in [1.807, 2.05) is 42.6 Å². The molecule has 0 N–H and O–H groups in total. The number of thiophene rings is 1. The minimum absolute atomic E-state index is 0.888. The summed E-state index contributed by atoms with van der Waals surface area (Å²) in [5.74, 6) is 0.925. The van der Waals surface area contributed by atoms with Gasteiger partial charge in [-0.15, -0.1) is 11.3 Å². The lowest BCUT2D eigenvalue weighted by Crippen LogP contribution is -1.98. The molecule has 0 spiro atoms. The molecule has 0 bridgehead atoms. The van der Waals surface area contributed by atoms with E-state index in [9.17, 15) is 0 Å². The molecule has 0 unspecified atom stereocenters. The Morgan fingerprint density at radius 2 is 1.46 bits per heavy atom. The molecule has 3 heterocycles. The molecule has 28 heavy (non-hydrogen) atoms. The number of benzene rings is 2. The summed E-state index contributed by atoms with van der Waals surface area (Å²) in [6.45, 7) is 4.30. The van der Waals surface area contributed by atoms with Crippen LogP contribution in [0.15, 0.2) is 79.0 Å². The van der Waals surface area contributed by atoms with Crippen LogP contribution in [0.5, 0.6) is 0 Å². The number of pyridine rings is 1. The molecular weight excluding hydrogens is 362 g/mol. The Morgan fingerprint density at radius 1 is 0.786 bits per heavy atom. The van der Waals surface area contributed by atoms with E-state index < -0.39 is 0 Å². The first-order valence-corrected chi connectivity index (χ1v) is 10.1. The highest BCUT2D eigenvalue weighted by molar-refractivity contribution is 7.12. The highest BCUT2D eigenvalue weighted by atomic mass is 32.1. The Kier molecular flexibility index (Phi) is 4.06. The van der Waals surface area contributed by atoms with Gasteiger partial charge >= 0.3 is 0 Å². The monoisotopic (exact) mass is 381 g/mol. The highest BCUT2D eigenvalue weighted by Gasteiger charge is 2.18. The molecule has 0 saturated carbocycles. The lowest BCUT2D eigenvalue weighted by Gasteiger charge is -2.08. The standard InChI is InChI=1S/C24H19N3S/c1-16-13-22(17(2)28-16)27-23(19-11-7-4-8-12-19)26-21-14-20(15-25-24(21)27)18-9-5-3-6-10-18/h3-15H,1-2H3. The van der Waals surface area contributed by atoms with Gasteiger partial charge in [-0.25, -0.2) is 9.97 Å². The van der Waals surface area contributed by atoms with Crippen molar-refractivity contribution in [2.45, 2.75) is 13.8 Å². The van der Waals surface area contributed by atoms with Crippen molar-refractivity contribution in [1.82, 2.24) is 14.5 Å². The number of aryl methyl sites for hydroxylation is 2. The van der Waals surface area contributed by atoms with E-state index in [0.29, 0.717) is 0 Å². The normalized spacial score (nSPS) is 11.2. The number of hydrogen-bond donors (Lipinski definition) is 0. The number of hydrogen-bond acceptors (Lipinski definition) is 3. The van der Waals surface area contributed by atoms with Crippen LogP contribution in [0.3, 0.4) is 0 Å². The van der Waals surface area contributed by atoms with Gasteiger partial charge in [0, 0.05) is 27.1 Å². The van der Waals surface area contributed by atoms with E-state index in [0.717, 1.165) is 39.4 Å². The van der Waals surface area contributed by atoms with Crippen molar-refractivity contribution in [3.63, 3.8) is 0 Å². The van der Waals surface area contributed by atoms with Crippen LogP contribution in [0.25, 0.3) is 39.4 Å². The highest BCUT2D eigenvalue weighted by Crippen LogP contribution is 2.33. The van der Waals surface area contributed by atoms with Gasteiger partial charge in [-0.2, -0.15) is 0 Å². The first-order valence-electron chi connectivity index (χ1n) is 9.27. The van der Waals surface area contributed by atoms with Crippen molar-refractivity contribution in [3.05, 3.63) is 88.7 Å². The van der Waals surface area contributed by atoms with Gasteiger partial charge in [0.1, 0.15) is 11.3 Å². The fourth-order valence-corrected chi connectivity index (χ4v) is 4.51. The second kappa shape index (κ2) is 6.73. The van der Waals surface area contributed by atoms with E-state index >= 15 is 0 Å². The summed E-state index contributed by atoms with van der Waals surface area (Å²) in [5, 5.41) is 0. The van der Waals surface area contributed by atoms with Gasteiger partial charge in [0.15, 0.2) is 5.65 Å². The summed E-state index contributed by atoms with van der Waals surface area (Å²) < 4.78 is 2.19. The van der Waals surface area contributed by atoms with Crippen LogP contribution < -0.4 is 0 Å². The summed E-state index contributed by atoms with van der Waals surface area (Å²) >= 11 is 1.80. The zero-order valence-corrected chi connectivity index (χ0v) is 16.6. The van der Waals surface area contributed by atoms with Gasteiger partial charge in [-0.05, 0) is 31.5 Å². The molecule has 3 nitrogen and oxygen atoms in total. The molecule has 0 fully saturated rings. The molecule has 5 aromatic rings. The van der Waals surface area contributed by atoms with Crippen LogP contribution in [-0.2, 0) is 0 Å². The topological polar surface area (TPSA) is 30.7 Å². The molecule has 5 rings (SSSR count). The average molecular weight is 382 g/mol. The molecule has 0 aliphatic rings. The minimum atomic E-state index is 0.888. The fraction of sp³-hybridized carbons (Fsp3) is 0.0833. The Balaban J connectivity index is 1.79. The van der Waals surface area contributed by atoms with Crippen molar-refractivity contribution >= 4 is 22.5 Å². The second-order valence-corrected chi connectivity index (χ2v) is 8.33. The predicted octanol–water partition coefficient (Wildman–Crippen LogP) is 6.43. The first kappa shape index (κ1) is 16.9. The zero-order valence-electron chi connectivity index (χ0n) is 15.8. The quantitative estimate of drug-likeness (QED) is 0.360. The number of aromatic nitrogens is 3. The van der Waals surface area contributed by atoms with Crippen LogP contribution >= 0.6 is 11.3 Å². The minimum Gasteiger partial charge on any atom is -0.276 e. The lowest BCUT2D eigenvalue weighted by molar-refractivity contribution is 1.07. The maximum absolute atomic E-state index is 5.00. The average Bonchev–Trinajstić information content (AvgIpc) is 3.27. The van der Waals surface area contributed by atoms with Gasteiger partial charge in [-0.1, -0.05) is 60.7 Å². The maximum atomic E-state index is 5.00. The van der Waals surface area contributed by atoms with E-state index in [-0.39, 0.29) is 0 Å². The van der Waals surface area contributed by atoms with E-state index in [1.54, 1.807) is 11.3 Å². The molecule has 136 valence electrons. The molecule has 0 amide bonds. The molecule has 0 radical (unpaired) electrons. The van der Waals surface area contributed by atoms with Crippen molar-refractivity contribution in [3.8, 4) is 28.2 Å². The van der Waals surface area contributed by atoms with Crippen molar-refractivity contribution < 1.29 is 0 Å². The molecular formula is C24H19N3S. The van der Waals surface area contributed by atoms with Gasteiger partial charge in [0.05, 0.1) is 5.69 Å². The lowest BCUT2D eigenvalue weighted by atomic mass is 10.1. The number of imidazole rings is 1. The molecule has 4 heteroatoms. The first-order chi connectivity index (χ1) is 13.7. The van der Waals surface area contributed by atoms with Crippen LogP contribution in [-0.4, -0.2) is 14.5 Å². The predicted molar refractivity (Wildman–Crippen MR) is 117 cm³/mol. The molecule has 0 aliphatic heterocycles. The summed E-state index contributed by atoms with van der Waals surface area (Å²) in [5.41, 5.74) is 6.27. The Hall–Kier alpha value is -3.24. The summed E-state index contributed by atoms with van der Waals surface area (Å²) in [7, 11) is 0. The number of nitrogens with zero attached hydrogens (tertiary/aromatic N) is 3. The van der Waals surface area contributed by atoms with E-state index in [2.05, 4.69) is 54.8 Å². The smallest absolute Gasteiger partial charge is 0.165 e. The van der Waals surface area contributed by atoms with Gasteiger partial charge in [-0.3, -0.25) is 4.57 Å². The zero-order chi connectivity index (χ0) is 19.1. The van der Waals surface area contributed by atoms with Gasteiger partial charge in [0.25, 0.3) is 0 Å². The summed E-state index contributed by atoms with van der Waals surface area (Å²) in [4.78, 5) is 12.4. The number of rotatable bonds is 3. The maximum Gasteiger partial charge on any atom is 0.165 e. The molecule has 0 atom stereocenters. The third-order valence-corrected chi connectivity index (χ3v) is 5.85. The van der Waals surface area contributed by atoms with Crippen molar-refractivity contribution in [1.29, 1.82) is 0 Å². The van der Waals surface area contributed by atoms with Gasteiger partial charge < -0.3 is 0 Å². The van der Waals surface area contributed by atoms with Crippen LogP contribution in [0.4, 0.5) is 0 Å². The van der Waals surface area contributed by atoms with Crippen molar-refractivity contribution in [2.75, 3.05) is 0 Å². The largest absolute Gasteiger partial charge is 0.276 e. The molecule has 0 aliphatic carbocycles. The summed E-state index contributed by atoms with van der Waals surface area (Å²) in [6.07, 6.45) is 1.94. The summed E-state index contributed by atoms with van der Waals surface area (Å²) in [6, 6.07) is 25.0. The number of fused-ring (bicyclic) bond motifs is 1. The van der Waals surface area contributed by atoms with Crippen LogP contribution in [0.1, 0.15) is 9.75 Å². The van der Waals surface area contributed by atoms with Gasteiger partial charge in [0.2, 0.25) is 0 Å². The second-order valence-electron chi connectivity index (χ2n) is 6.87. The van der Waals surface area contributed by atoms with Crippen molar-refractivity contribution in [2.24, 2.45) is 0 Å². The fourth-order valence-electron chi connectivity index (χ4n) is 3.60. The molecule has 2 aromatic carbocycles. The van der Waals surface area contributed by atoms with Crippen LogP contribution in [0, 0.1) is 13.8 Å². The Morgan fingerprint density at radius 3 is 2.11 bits per heavy atom. The van der Waals surface area contributed by atoms with E-state index in [1.165, 1.54) is 9.75 Å². The molecule has 3 aromatic heterocycles. The third kappa shape index (κ3) is 2.83. The van der Waals surface area contributed by atoms with E-state index in [4.69, 9.17) is 9.97 Å². The molecule has 0 saturated heterocycles. The Bertz CT molecular complexity index is 1270. The SMILES string of the molecule is Cc1cc(-n2c(-c3ccccc3)nc3cc(-c4ccccc4)cnc32)c(C)s1. The third-order valence-electron chi connectivity index (χ3n) is 4.89.